The highest BCUT2D eigenvalue weighted by Crippen LogP contribution is 2.24. The van der Waals surface area contributed by atoms with Gasteiger partial charge >= 0.3 is 0 Å². The van der Waals surface area contributed by atoms with Gasteiger partial charge in [-0.2, -0.15) is 17.7 Å². The van der Waals surface area contributed by atoms with Crippen LogP contribution in [0.2, 0.25) is 5.15 Å². The highest BCUT2D eigenvalue weighted by Gasteiger charge is 2.16. The first-order valence-electron chi connectivity index (χ1n) is 3.22. The van der Waals surface area contributed by atoms with Gasteiger partial charge in [0.25, 0.3) is 0 Å². The van der Waals surface area contributed by atoms with Crippen LogP contribution in [0.15, 0.2) is 12.1 Å². The van der Waals surface area contributed by atoms with Crippen molar-refractivity contribution >= 4 is 24.2 Å². The van der Waals surface area contributed by atoms with Gasteiger partial charge in [-0.05, 0) is 26.0 Å². The molecule has 0 radical (unpaired) electrons. The first-order chi connectivity index (χ1) is 5.00. The smallest absolute Gasteiger partial charge is 0.151 e. The second-order valence-corrected chi connectivity index (χ2v) is 4.31. The number of aromatic nitrogens is 2. The quantitative estimate of drug-likeness (QED) is 0.685. The molecule has 11 heavy (non-hydrogen) atoms. The minimum Gasteiger partial charge on any atom is -0.167 e. The Hall–Kier alpha value is -0.280. The number of rotatable bonds is 1. The molecule has 0 atom stereocenters. The van der Waals surface area contributed by atoms with Crippen LogP contribution in [0.4, 0.5) is 0 Å². The van der Waals surface area contributed by atoms with Gasteiger partial charge in [0.15, 0.2) is 5.15 Å². The summed E-state index contributed by atoms with van der Waals surface area (Å²) in [6.45, 7) is 3.90. The molecule has 4 heteroatoms. The maximum atomic E-state index is 5.56. The number of halogens is 1. The van der Waals surface area contributed by atoms with E-state index in [0.717, 1.165) is 5.69 Å². The van der Waals surface area contributed by atoms with E-state index in [9.17, 15) is 0 Å². The fourth-order valence-corrected chi connectivity index (χ4v) is 0.862. The average molecular weight is 189 g/mol. The van der Waals surface area contributed by atoms with E-state index in [1.807, 2.05) is 19.9 Å². The maximum absolute atomic E-state index is 5.56. The van der Waals surface area contributed by atoms with Gasteiger partial charge in [0.1, 0.15) is 0 Å². The summed E-state index contributed by atoms with van der Waals surface area (Å²) in [4.78, 5) is 0. The van der Waals surface area contributed by atoms with Crippen LogP contribution >= 0.6 is 24.2 Å². The molecule has 1 rings (SSSR count). The molecule has 0 saturated heterocycles. The first-order valence-corrected chi connectivity index (χ1v) is 4.05. The summed E-state index contributed by atoms with van der Waals surface area (Å²) in [6.07, 6.45) is 0. The molecule has 0 fully saturated rings. The Morgan fingerprint density at radius 3 is 2.36 bits per heavy atom. The summed E-state index contributed by atoms with van der Waals surface area (Å²) in [6, 6.07) is 3.53. The molecule has 0 aliphatic carbocycles. The lowest BCUT2D eigenvalue weighted by Gasteiger charge is -2.14. The third kappa shape index (κ3) is 2.34. The van der Waals surface area contributed by atoms with Crippen LogP contribution in [-0.4, -0.2) is 10.2 Å². The molecule has 0 unspecified atom stereocenters. The topological polar surface area (TPSA) is 25.8 Å². The molecule has 60 valence electrons. The fourth-order valence-electron chi connectivity index (χ4n) is 0.642. The summed E-state index contributed by atoms with van der Waals surface area (Å²) >= 11 is 9.90. The maximum Gasteiger partial charge on any atom is 0.151 e. The van der Waals surface area contributed by atoms with Crippen LogP contribution in [0.3, 0.4) is 0 Å². The second-order valence-electron chi connectivity index (χ2n) is 2.80. The van der Waals surface area contributed by atoms with Crippen LogP contribution in [-0.2, 0) is 4.75 Å². The van der Waals surface area contributed by atoms with Gasteiger partial charge in [-0.1, -0.05) is 11.6 Å². The van der Waals surface area contributed by atoms with Gasteiger partial charge in [-0.25, -0.2) is 0 Å². The predicted molar refractivity (Wildman–Crippen MR) is 49.1 cm³/mol. The summed E-state index contributed by atoms with van der Waals surface area (Å²) in [5.41, 5.74) is 0.824. The lowest BCUT2D eigenvalue weighted by molar-refractivity contribution is 0.728. The minimum atomic E-state index is -0.252. The molecular weight excluding hydrogens is 180 g/mol. The highest BCUT2D eigenvalue weighted by molar-refractivity contribution is 7.81. The van der Waals surface area contributed by atoms with Crippen molar-refractivity contribution in [2.75, 3.05) is 0 Å². The zero-order chi connectivity index (χ0) is 8.48. The Labute approximate surface area is 76.4 Å². The molecule has 1 aromatic heterocycles. The van der Waals surface area contributed by atoms with Crippen molar-refractivity contribution in [2.45, 2.75) is 18.6 Å². The van der Waals surface area contributed by atoms with E-state index >= 15 is 0 Å². The Bertz CT molecular complexity index is 240. The van der Waals surface area contributed by atoms with Crippen molar-refractivity contribution in [3.63, 3.8) is 0 Å². The molecular formula is C7H9ClN2S. The number of hydrogen-bond donors (Lipinski definition) is 1. The molecule has 0 spiro atoms. The zero-order valence-corrected chi connectivity index (χ0v) is 8.02. The highest BCUT2D eigenvalue weighted by atomic mass is 35.5. The Balaban J connectivity index is 2.99. The van der Waals surface area contributed by atoms with Gasteiger partial charge in [-0.3, -0.25) is 0 Å². The van der Waals surface area contributed by atoms with Crippen LogP contribution in [0, 0.1) is 0 Å². The van der Waals surface area contributed by atoms with Crippen LogP contribution in [0.5, 0.6) is 0 Å². The summed E-state index contributed by atoms with van der Waals surface area (Å²) < 4.78 is -0.252. The van der Waals surface area contributed by atoms with Crippen molar-refractivity contribution < 1.29 is 0 Å². The normalized spacial score (nSPS) is 11.6. The average Bonchev–Trinajstić information content (AvgIpc) is 1.86. The van der Waals surface area contributed by atoms with Crippen LogP contribution < -0.4 is 0 Å². The Morgan fingerprint density at radius 1 is 1.36 bits per heavy atom. The Kier molecular flexibility index (Phi) is 2.40. The SMILES string of the molecule is CC(C)(S)c1ccc(Cl)nn1. The molecule has 0 aromatic carbocycles. The molecule has 0 aliphatic rings. The molecule has 0 amide bonds. The number of nitrogens with zero attached hydrogens (tertiary/aromatic N) is 2. The fraction of sp³-hybridized carbons (Fsp3) is 0.429. The van der Waals surface area contributed by atoms with Crippen LogP contribution in [0.1, 0.15) is 19.5 Å². The van der Waals surface area contributed by atoms with Crippen molar-refractivity contribution in [2.24, 2.45) is 0 Å². The monoisotopic (exact) mass is 188 g/mol. The third-order valence-electron chi connectivity index (χ3n) is 1.26. The van der Waals surface area contributed by atoms with E-state index in [2.05, 4.69) is 22.8 Å². The standard InChI is InChI=1S/C7H9ClN2S/c1-7(2,11)5-3-4-6(8)10-9-5/h3-4,11H,1-2H3. The van der Waals surface area contributed by atoms with Gasteiger partial charge < -0.3 is 0 Å². The van der Waals surface area contributed by atoms with E-state index in [4.69, 9.17) is 11.6 Å². The zero-order valence-electron chi connectivity index (χ0n) is 6.37. The van der Waals surface area contributed by atoms with Crippen molar-refractivity contribution in [1.29, 1.82) is 0 Å². The largest absolute Gasteiger partial charge is 0.167 e. The van der Waals surface area contributed by atoms with Crippen molar-refractivity contribution in [3.8, 4) is 0 Å². The summed E-state index contributed by atoms with van der Waals surface area (Å²) in [5.74, 6) is 0. The first kappa shape index (κ1) is 8.81. The van der Waals surface area contributed by atoms with E-state index < -0.39 is 0 Å². The molecule has 0 N–H and O–H groups in total. The molecule has 1 aromatic rings. The van der Waals surface area contributed by atoms with Gasteiger partial charge in [0.05, 0.1) is 10.4 Å². The second kappa shape index (κ2) is 2.99. The minimum absolute atomic E-state index is 0.252. The molecule has 0 saturated carbocycles. The van der Waals surface area contributed by atoms with Gasteiger partial charge in [0.2, 0.25) is 0 Å². The molecule has 0 aliphatic heterocycles. The molecule has 0 bridgehead atoms. The third-order valence-corrected chi connectivity index (χ3v) is 1.69. The van der Waals surface area contributed by atoms with E-state index in [0.29, 0.717) is 5.15 Å². The molecule has 1 heterocycles. The van der Waals surface area contributed by atoms with Crippen LogP contribution in [0.25, 0.3) is 0 Å². The van der Waals surface area contributed by atoms with E-state index in [-0.39, 0.29) is 4.75 Å². The van der Waals surface area contributed by atoms with Crippen molar-refractivity contribution in [1.82, 2.24) is 10.2 Å². The summed E-state index contributed by atoms with van der Waals surface area (Å²) in [5, 5.41) is 8.01. The number of hydrogen-bond acceptors (Lipinski definition) is 3. The predicted octanol–water partition coefficient (Wildman–Crippen LogP) is 2.29. The lowest BCUT2D eigenvalue weighted by Crippen LogP contribution is -2.10. The summed E-state index contributed by atoms with van der Waals surface area (Å²) in [7, 11) is 0. The lowest BCUT2D eigenvalue weighted by atomic mass is 10.1. The number of thiol groups is 1. The Morgan fingerprint density at radius 2 is 2.00 bits per heavy atom. The molecule has 2 nitrogen and oxygen atoms in total. The van der Waals surface area contributed by atoms with Gasteiger partial charge in [0, 0.05) is 0 Å². The van der Waals surface area contributed by atoms with E-state index in [1.54, 1.807) is 6.07 Å². The van der Waals surface area contributed by atoms with Gasteiger partial charge in [-0.15, -0.1) is 5.10 Å². The van der Waals surface area contributed by atoms with Crippen molar-refractivity contribution in [3.05, 3.63) is 23.0 Å². The van der Waals surface area contributed by atoms with E-state index in [1.165, 1.54) is 0 Å².